The zero-order valence-corrected chi connectivity index (χ0v) is 82.3. The zero-order chi connectivity index (χ0) is 98.6. The van der Waals surface area contributed by atoms with E-state index in [0.29, 0.717) is 34.9 Å². The van der Waals surface area contributed by atoms with Gasteiger partial charge in [0.15, 0.2) is 34.9 Å². The van der Waals surface area contributed by atoms with Gasteiger partial charge in [0, 0.05) is 131 Å². The highest BCUT2D eigenvalue weighted by Crippen LogP contribution is 2.47. The molecule has 0 aliphatic heterocycles. The van der Waals surface area contributed by atoms with Crippen LogP contribution in [0.25, 0.3) is 284 Å². The fourth-order valence-electron chi connectivity index (χ4n) is 20.0. The van der Waals surface area contributed by atoms with E-state index in [-0.39, 0.29) is 0 Å². The molecule has 0 amide bonds. The number of benzene rings is 19. The van der Waals surface area contributed by atoms with Gasteiger partial charge in [-0.1, -0.05) is 406 Å². The molecule has 0 bridgehead atoms. The summed E-state index contributed by atoms with van der Waals surface area (Å²) in [6.45, 7) is 0. The van der Waals surface area contributed by atoms with Crippen molar-refractivity contribution in [3.8, 4) is 169 Å². The third kappa shape index (κ3) is 17.1. The number of pyridine rings is 1. The van der Waals surface area contributed by atoms with E-state index in [1.54, 1.807) is 40.2 Å². The molecular formula is C133H81N13S3. The Morgan fingerprint density at radius 2 is 0.416 bits per heavy atom. The lowest BCUT2D eigenvalue weighted by Crippen LogP contribution is -1.97. The number of fused-ring (bicyclic) bond motifs is 15. The first-order chi connectivity index (χ1) is 73.8. The molecule has 0 aliphatic rings. The van der Waals surface area contributed by atoms with Crippen molar-refractivity contribution in [2.45, 2.75) is 0 Å². The van der Waals surface area contributed by atoms with Crippen LogP contribution in [0.3, 0.4) is 0 Å². The Labute approximate surface area is 868 Å². The minimum Gasteiger partial charge on any atom is -0.264 e. The Balaban J connectivity index is 0.000000110. The van der Waals surface area contributed by atoms with Crippen LogP contribution >= 0.6 is 34.0 Å². The van der Waals surface area contributed by atoms with Crippen molar-refractivity contribution in [1.29, 1.82) is 0 Å². The Morgan fingerprint density at radius 1 is 0.141 bits per heavy atom. The molecule has 0 saturated heterocycles. The first-order valence-electron chi connectivity index (χ1n) is 49.4. The molecule has 29 aromatic rings. The van der Waals surface area contributed by atoms with Gasteiger partial charge in [0.2, 0.25) is 0 Å². The molecule has 0 atom stereocenters. The smallest absolute Gasteiger partial charge is 0.160 e. The number of nitrogens with zero attached hydrogens (tertiary/aromatic N) is 13. The molecule has 0 unspecified atom stereocenters. The van der Waals surface area contributed by atoms with Crippen LogP contribution in [0.4, 0.5) is 0 Å². The topological polar surface area (TPSA) is 168 Å². The summed E-state index contributed by atoms with van der Waals surface area (Å²) in [5, 5.41) is 11.4. The molecule has 10 heterocycles. The van der Waals surface area contributed by atoms with E-state index in [2.05, 4.69) is 399 Å². The van der Waals surface area contributed by atoms with Gasteiger partial charge in [-0.3, -0.25) is 4.98 Å². The van der Waals surface area contributed by atoms with Crippen LogP contribution in [0, 0.1) is 0 Å². The molecule has 0 aliphatic carbocycles. The molecule has 0 N–H and O–H groups in total. The Bertz CT molecular complexity index is 10200. The van der Waals surface area contributed by atoms with Crippen molar-refractivity contribution in [3.63, 3.8) is 0 Å². The SMILES string of the molecule is c1ccc(-c2cc(-c3ccccc3)cc(-c3nc(-c4ccc(-c5nc(-c6ccccc6)c6sc7ccccc7c6n5)cc4)c4ccccc4n3)c2)cc1.c1ccc(-c2nc(-c3ccc(-c4nc(-c5ccc6c(ccc7ccccc76)c5)nc5ccccc45)cc3)nc3c2sc2ccccc23)cc1.c1ccc(-c2nc(-c3ccc(-c4nc(-c5cccc(-c6cccnc6)c5)nc5ccccc45)cc3)nc3c2sc2ccccc23)cc1. The van der Waals surface area contributed by atoms with Crippen LogP contribution in [0.1, 0.15) is 0 Å². The molecule has 0 saturated carbocycles. The molecule has 0 spiro atoms. The van der Waals surface area contributed by atoms with Gasteiger partial charge < -0.3 is 0 Å². The summed E-state index contributed by atoms with van der Waals surface area (Å²) >= 11 is 5.24. The van der Waals surface area contributed by atoms with Gasteiger partial charge in [-0.2, -0.15) is 0 Å². The number of hydrogen-bond donors (Lipinski definition) is 0. The van der Waals surface area contributed by atoms with Crippen LogP contribution in [-0.2, 0) is 0 Å². The standard InChI is InChI=1S/C48H30N4S.C44H26N4S.C41H25N5S/c1-4-14-31(15-5-1)36-28-37(32-16-6-2-7-17-32)30-38(29-36)48-49-41-22-12-10-20-39(41)43(50-48)34-24-26-35(27-25-34)47-51-44(33-18-8-3-9-19-33)46-45(52-47)40-21-11-13-23-42(40)53-46;1-2-11-28(12-3-1)40-42-41(36-15-7-9-17-38(36)49-42)48-43(47-40)30-21-19-29(20-22-30)39-35-14-6-8-16-37(35)45-44(46-39)32-24-25-34-31(26-32)23-18-27-10-4-5-13-33(27)34;1-2-10-26(11-3-1)37-39-38(33-16-5-7-18-35(33)47-39)46-40(45-37)28-21-19-27(20-22-28)36-32-15-4-6-17-34(32)43-41(44-36)30-13-8-12-29(24-30)31-14-9-23-42-25-31/h1-30H;1-26H;1-25H. The van der Waals surface area contributed by atoms with Crippen LogP contribution in [-0.4, -0.2) is 64.8 Å². The molecule has 0 fully saturated rings. The van der Waals surface area contributed by atoms with Crippen molar-refractivity contribution in [1.82, 2.24) is 64.8 Å². The first-order valence-corrected chi connectivity index (χ1v) is 51.8. The van der Waals surface area contributed by atoms with Gasteiger partial charge in [0.25, 0.3) is 0 Å². The van der Waals surface area contributed by atoms with Crippen LogP contribution in [0.15, 0.2) is 492 Å². The Kier molecular flexibility index (Phi) is 22.9. The second-order valence-electron chi connectivity index (χ2n) is 36.7. The van der Waals surface area contributed by atoms with Gasteiger partial charge in [-0.25, -0.2) is 59.8 Å². The van der Waals surface area contributed by atoms with Gasteiger partial charge in [0.05, 0.1) is 81.4 Å². The summed E-state index contributed by atoms with van der Waals surface area (Å²) in [4.78, 5) is 66.0. The summed E-state index contributed by atoms with van der Waals surface area (Å²) < 4.78 is 6.93. The zero-order valence-electron chi connectivity index (χ0n) is 79.8. The maximum atomic E-state index is 5.29. The van der Waals surface area contributed by atoms with Crippen molar-refractivity contribution < 1.29 is 0 Å². The number of para-hydroxylation sites is 3. The lowest BCUT2D eigenvalue weighted by atomic mass is 9.95. The monoisotopic (exact) mass is 1960 g/mol. The molecule has 13 nitrogen and oxygen atoms in total. The van der Waals surface area contributed by atoms with Gasteiger partial charge in [0.1, 0.15) is 0 Å². The summed E-state index contributed by atoms with van der Waals surface area (Å²) in [5.74, 6) is 4.18. The van der Waals surface area contributed by atoms with E-state index >= 15 is 0 Å². The van der Waals surface area contributed by atoms with Crippen molar-refractivity contribution in [2.75, 3.05) is 0 Å². The summed E-state index contributed by atoms with van der Waals surface area (Å²) in [6.07, 6.45) is 3.66. The normalized spacial score (nSPS) is 11.5. The highest BCUT2D eigenvalue weighted by Gasteiger charge is 2.25. The quantitative estimate of drug-likeness (QED) is 0.0890. The maximum absolute atomic E-state index is 5.29. The van der Waals surface area contributed by atoms with E-state index in [1.807, 2.05) is 91.1 Å². The lowest BCUT2D eigenvalue weighted by molar-refractivity contribution is 1.22. The van der Waals surface area contributed by atoms with Crippen LogP contribution < -0.4 is 0 Å². The third-order valence-electron chi connectivity index (χ3n) is 27.4. The highest BCUT2D eigenvalue weighted by molar-refractivity contribution is 7.27. The van der Waals surface area contributed by atoms with E-state index in [1.165, 1.54) is 35.6 Å². The molecule has 29 rings (SSSR count). The fourth-order valence-corrected chi connectivity index (χ4v) is 23.5. The van der Waals surface area contributed by atoms with Gasteiger partial charge in [-0.15, -0.1) is 34.0 Å². The van der Waals surface area contributed by atoms with Gasteiger partial charge in [-0.05, 0) is 122 Å². The third-order valence-corrected chi connectivity index (χ3v) is 30.9. The maximum Gasteiger partial charge on any atom is 0.160 e. The lowest BCUT2D eigenvalue weighted by Gasteiger charge is -2.13. The first kappa shape index (κ1) is 88.7. The van der Waals surface area contributed by atoms with Crippen molar-refractivity contribution in [2.24, 2.45) is 0 Å². The van der Waals surface area contributed by atoms with Gasteiger partial charge >= 0.3 is 0 Å². The summed E-state index contributed by atoms with van der Waals surface area (Å²) in [5.41, 5.74) is 29.9. The molecule has 696 valence electrons. The van der Waals surface area contributed by atoms with E-state index in [9.17, 15) is 0 Å². The number of rotatable bonds is 15. The highest BCUT2D eigenvalue weighted by atomic mass is 32.1. The minimum absolute atomic E-state index is 0.680. The average molecular weight is 1960 g/mol. The summed E-state index contributed by atoms with van der Waals surface area (Å²) in [7, 11) is 0. The predicted octanol–water partition coefficient (Wildman–Crippen LogP) is 35.1. The molecule has 149 heavy (non-hydrogen) atoms. The average Bonchev–Trinajstić information content (AvgIpc) is 1.74. The number of thiophene rings is 3. The molecule has 16 heteroatoms. The summed E-state index contributed by atoms with van der Waals surface area (Å²) in [6, 6.07) is 166. The Morgan fingerprint density at radius 3 is 0.819 bits per heavy atom. The molecule has 19 aromatic carbocycles. The molecule has 10 aromatic heterocycles. The molecular weight excluding hydrogens is 1880 g/mol. The van der Waals surface area contributed by atoms with Crippen LogP contribution in [0.5, 0.6) is 0 Å². The number of hydrogen-bond acceptors (Lipinski definition) is 16. The predicted molar refractivity (Wildman–Crippen MR) is 618 cm³/mol. The Hall–Kier alpha value is -19.2. The second kappa shape index (κ2) is 38.5. The number of aromatic nitrogens is 13. The van der Waals surface area contributed by atoms with Crippen molar-refractivity contribution in [3.05, 3.63) is 492 Å². The van der Waals surface area contributed by atoms with E-state index < -0.39 is 0 Å². The van der Waals surface area contributed by atoms with E-state index in [4.69, 9.17) is 59.8 Å². The fraction of sp³-hybridized carbons (Fsp3) is 0. The van der Waals surface area contributed by atoms with Crippen molar-refractivity contribution >= 4 is 149 Å². The minimum atomic E-state index is 0.680. The largest absolute Gasteiger partial charge is 0.264 e. The second-order valence-corrected chi connectivity index (χ2v) is 39.8. The molecule has 0 radical (unpaired) electrons. The van der Waals surface area contributed by atoms with E-state index in [0.717, 1.165) is 214 Å². The van der Waals surface area contributed by atoms with Crippen LogP contribution in [0.2, 0.25) is 0 Å².